The number of anilines is 1. The van der Waals surface area contributed by atoms with Crippen molar-refractivity contribution in [2.24, 2.45) is 0 Å². The van der Waals surface area contributed by atoms with Crippen molar-refractivity contribution < 1.29 is 13.2 Å². The lowest BCUT2D eigenvalue weighted by atomic mass is 10.2. The van der Waals surface area contributed by atoms with E-state index in [4.69, 9.17) is 11.6 Å². The first-order valence-corrected chi connectivity index (χ1v) is 10.7. The number of nitrogens with one attached hydrogen (secondary N) is 2. The highest BCUT2D eigenvalue weighted by Crippen LogP contribution is 2.30. The summed E-state index contributed by atoms with van der Waals surface area (Å²) in [6, 6.07) is 11.7. The van der Waals surface area contributed by atoms with E-state index in [1.807, 2.05) is 6.92 Å². The van der Waals surface area contributed by atoms with Gasteiger partial charge in [0, 0.05) is 30.3 Å². The number of hydrogen-bond acceptors (Lipinski definition) is 3. The molecule has 2 amide bonds. The number of halogens is 1. The van der Waals surface area contributed by atoms with Gasteiger partial charge in [-0.05, 0) is 54.3 Å². The topological polar surface area (TPSA) is 78.5 Å². The molecule has 27 heavy (non-hydrogen) atoms. The van der Waals surface area contributed by atoms with E-state index in [0.717, 1.165) is 23.2 Å². The Hall–Kier alpha value is -2.09. The molecule has 144 valence electrons. The van der Waals surface area contributed by atoms with Crippen molar-refractivity contribution in [3.63, 3.8) is 0 Å². The second-order valence-corrected chi connectivity index (χ2v) is 8.58. The van der Waals surface area contributed by atoms with E-state index in [1.165, 1.54) is 6.07 Å². The Bertz CT molecular complexity index is 930. The minimum atomic E-state index is -3.64. The van der Waals surface area contributed by atoms with Gasteiger partial charge in [-0.15, -0.1) is 0 Å². The smallest absolute Gasteiger partial charge is 0.321 e. The number of fused-ring (bicyclic) bond motifs is 1. The van der Waals surface area contributed by atoms with Gasteiger partial charge in [-0.2, -0.15) is 0 Å². The maximum atomic E-state index is 12.6. The molecule has 2 aromatic carbocycles. The molecule has 0 aliphatic carbocycles. The molecule has 0 aromatic heterocycles. The lowest BCUT2D eigenvalue weighted by Gasteiger charge is -2.18. The highest BCUT2D eigenvalue weighted by Gasteiger charge is 2.26. The number of carbonyl (C=O) groups is 1. The first kappa shape index (κ1) is 19.7. The van der Waals surface area contributed by atoms with E-state index < -0.39 is 10.0 Å². The third kappa shape index (κ3) is 4.61. The Balaban J connectivity index is 1.72. The molecule has 1 aliphatic heterocycles. The Morgan fingerprint density at radius 3 is 2.63 bits per heavy atom. The lowest BCUT2D eigenvalue weighted by molar-refractivity contribution is 0.247. The van der Waals surface area contributed by atoms with Crippen molar-refractivity contribution in [1.82, 2.24) is 10.0 Å². The molecule has 8 heteroatoms. The minimum absolute atomic E-state index is 0.146. The van der Waals surface area contributed by atoms with Crippen LogP contribution < -0.4 is 14.9 Å². The Kier molecular flexibility index (Phi) is 6.04. The average Bonchev–Trinajstić information content (AvgIpc) is 3.09. The third-order valence-corrected chi connectivity index (χ3v) is 6.06. The third-order valence-electron chi connectivity index (χ3n) is 4.41. The van der Waals surface area contributed by atoms with Crippen LogP contribution in [0.3, 0.4) is 0 Å². The predicted molar refractivity (Wildman–Crippen MR) is 107 cm³/mol. The number of amides is 2. The zero-order valence-corrected chi connectivity index (χ0v) is 16.6. The number of carbonyl (C=O) groups excluding carboxylic acids is 1. The van der Waals surface area contributed by atoms with Gasteiger partial charge in [-0.25, -0.2) is 17.9 Å². The van der Waals surface area contributed by atoms with E-state index in [1.54, 1.807) is 41.3 Å². The Morgan fingerprint density at radius 2 is 1.93 bits per heavy atom. The molecule has 0 unspecified atom stereocenters. The molecule has 0 fully saturated rings. The summed E-state index contributed by atoms with van der Waals surface area (Å²) in [5.74, 6) is 0. The van der Waals surface area contributed by atoms with Crippen molar-refractivity contribution in [2.45, 2.75) is 31.2 Å². The van der Waals surface area contributed by atoms with Crippen LogP contribution in [0.2, 0.25) is 5.02 Å². The molecular formula is C19H22ClN3O3S. The van der Waals surface area contributed by atoms with E-state index in [0.29, 0.717) is 24.5 Å². The first-order valence-electron chi connectivity index (χ1n) is 8.83. The molecule has 0 saturated heterocycles. The van der Waals surface area contributed by atoms with Gasteiger partial charge in [-0.3, -0.25) is 4.90 Å². The SMILES string of the molecule is CCCNC(=O)N1CCc2cc(S(=O)(=O)NCc3ccc(Cl)cc3)ccc21. The monoisotopic (exact) mass is 407 g/mol. The van der Waals surface area contributed by atoms with E-state index in [9.17, 15) is 13.2 Å². The molecular weight excluding hydrogens is 386 g/mol. The van der Waals surface area contributed by atoms with Gasteiger partial charge in [0.25, 0.3) is 0 Å². The van der Waals surface area contributed by atoms with Gasteiger partial charge in [0.1, 0.15) is 0 Å². The Labute approximate surface area is 164 Å². The molecule has 0 atom stereocenters. The summed E-state index contributed by atoms with van der Waals surface area (Å²) in [5, 5.41) is 3.45. The van der Waals surface area contributed by atoms with Crippen LogP contribution in [0.1, 0.15) is 24.5 Å². The summed E-state index contributed by atoms with van der Waals surface area (Å²) in [6.07, 6.45) is 1.50. The van der Waals surface area contributed by atoms with Crippen LogP contribution in [-0.4, -0.2) is 27.5 Å². The second kappa shape index (κ2) is 8.29. The fourth-order valence-electron chi connectivity index (χ4n) is 2.95. The van der Waals surface area contributed by atoms with E-state index in [2.05, 4.69) is 10.0 Å². The van der Waals surface area contributed by atoms with Crippen LogP contribution in [0.4, 0.5) is 10.5 Å². The number of sulfonamides is 1. The van der Waals surface area contributed by atoms with Crippen LogP contribution >= 0.6 is 11.6 Å². The number of urea groups is 1. The summed E-state index contributed by atoms with van der Waals surface area (Å²) >= 11 is 5.84. The zero-order chi connectivity index (χ0) is 19.4. The second-order valence-electron chi connectivity index (χ2n) is 6.38. The van der Waals surface area contributed by atoms with Gasteiger partial charge < -0.3 is 5.32 Å². The summed E-state index contributed by atoms with van der Waals surface area (Å²) in [4.78, 5) is 14.1. The predicted octanol–water partition coefficient (Wildman–Crippen LogP) is 3.30. The molecule has 2 N–H and O–H groups in total. The van der Waals surface area contributed by atoms with Crippen LogP contribution in [-0.2, 0) is 23.0 Å². The quantitative estimate of drug-likeness (QED) is 0.771. The highest BCUT2D eigenvalue weighted by atomic mass is 35.5. The first-order chi connectivity index (χ1) is 12.9. The number of hydrogen-bond donors (Lipinski definition) is 2. The largest absolute Gasteiger partial charge is 0.338 e. The van der Waals surface area contributed by atoms with Gasteiger partial charge in [0.05, 0.1) is 4.90 Å². The standard InChI is InChI=1S/C19H22ClN3O3S/c1-2-10-21-19(24)23-11-9-15-12-17(7-8-18(15)23)27(25,26)22-13-14-3-5-16(20)6-4-14/h3-8,12,22H,2,9-11,13H2,1H3,(H,21,24). The minimum Gasteiger partial charge on any atom is -0.338 e. The number of nitrogens with zero attached hydrogens (tertiary/aromatic N) is 1. The molecule has 6 nitrogen and oxygen atoms in total. The van der Waals surface area contributed by atoms with E-state index in [-0.39, 0.29) is 17.5 Å². The molecule has 0 saturated carbocycles. The van der Waals surface area contributed by atoms with Gasteiger partial charge in [0.2, 0.25) is 10.0 Å². The molecule has 1 heterocycles. The summed E-state index contributed by atoms with van der Waals surface area (Å²) in [5.41, 5.74) is 2.44. The highest BCUT2D eigenvalue weighted by molar-refractivity contribution is 7.89. The summed E-state index contributed by atoms with van der Waals surface area (Å²) in [7, 11) is -3.64. The molecule has 1 aliphatic rings. The van der Waals surface area contributed by atoms with Crippen LogP contribution in [0.15, 0.2) is 47.4 Å². The van der Waals surface area contributed by atoms with Crippen molar-refractivity contribution in [2.75, 3.05) is 18.0 Å². The molecule has 2 aromatic rings. The maximum absolute atomic E-state index is 12.6. The number of rotatable bonds is 6. The Morgan fingerprint density at radius 1 is 1.19 bits per heavy atom. The van der Waals surface area contributed by atoms with Crippen LogP contribution in [0.25, 0.3) is 0 Å². The molecule has 0 spiro atoms. The van der Waals surface area contributed by atoms with Crippen molar-refractivity contribution in [3.05, 3.63) is 58.6 Å². The van der Waals surface area contributed by atoms with Crippen molar-refractivity contribution in [3.8, 4) is 0 Å². The normalized spacial score (nSPS) is 13.5. The number of benzene rings is 2. The van der Waals surface area contributed by atoms with Crippen molar-refractivity contribution in [1.29, 1.82) is 0 Å². The van der Waals surface area contributed by atoms with E-state index >= 15 is 0 Å². The average molecular weight is 408 g/mol. The van der Waals surface area contributed by atoms with Gasteiger partial charge >= 0.3 is 6.03 Å². The molecule has 0 radical (unpaired) electrons. The molecule has 3 rings (SSSR count). The summed E-state index contributed by atoms with van der Waals surface area (Å²) < 4.78 is 27.8. The fourth-order valence-corrected chi connectivity index (χ4v) is 4.14. The van der Waals surface area contributed by atoms with Gasteiger partial charge in [-0.1, -0.05) is 30.7 Å². The maximum Gasteiger partial charge on any atom is 0.321 e. The summed E-state index contributed by atoms with van der Waals surface area (Å²) in [6.45, 7) is 3.34. The van der Waals surface area contributed by atoms with Gasteiger partial charge in [0.15, 0.2) is 0 Å². The fraction of sp³-hybridized carbons (Fsp3) is 0.316. The van der Waals surface area contributed by atoms with Crippen LogP contribution in [0.5, 0.6) is 0 Å². The lowest BCUT2D eigenvalue weighted by Crippen LogP contribution is -2.39. The zero-order valence-electron chi connectivity index (χ0n) is 15.0. The van der Waals surface area contributed by atoms with Crippen molar-refractivity contribution >= 4 is 33.3 Å². The molecule has 0 bridgehead atoms. The van der Waals surface area contributed by atoms with Crippen LogP contribution in [0, 0.1) is 0 Å².